The van der Waals surface area contributed by atoms with Gasteiger partial charge >= 0.3 is 12.1 Å². The highest BCUT2D eigenvalue weighted by Gasteiger charge is 2.35. The third-order valence-electron chi connectivity index (χ3n) is 5.76. The third kappa shape index (κ3) is 5.85. The zero-order valence-electron chi connectivity index (χ0n) is 19.5. The number of benzene rings is 1. The van der Waals surface area contributed by atoms with E-state index in [0.717, 1.165) is 31.7 Å². The van der Waals surface area contributed by atoms with Crippen LogP contribution in [0.15, 0.2) is 47.6 Å². The standard InChI is InChI=1S/C16H15F3N2O2.C8H15N3/c17-16(18,19)12-8-4-3-7-11(12)14-9-13(15(22)23)20-21(14)10-5-1-2-6-10;1-8(2,3)7-10-5-4-6-11(7)9/h3-4,7-10H,1-2,5-6H2,(H,22,23);4-7H,9H2,1-3H3. The van der Waals surface area contributed by atoms with Gasteiger partial charge in [0.2, 0.25) is 0 Å². The molecule has 1 aliphatic carbocycles. The van der Waals surface area contributed by atoms with Gasteiger partial charge in [0.1, 0.15) is 6.17 Å². The zero-order chi connectivity index (χ0) is 25.1. The third-order valence-corrected chi connectivity index (χ3v) is 5.76. The largest absolute Gasteiger partial charge is 0.476 e. The van der Waals surface area contributed by atoms with Crippen molar-refractivity contribution in [3.63, 3.8) is 0 Å². The second-order valence-corrected chi connectivity index (χ2v) is 9.47. The number of carbonyl (C=O) groups is 1. The molecule has 4 rings (SSSR count). The molecule has 2 heterocycles. The molecule has 0 bridgehead atoms. The number of carboxylic acids is 1. The van der Waals surface area contributed by atoms with E-state index < -0.39 is 17.7 Å². The van der Waals surface area contributed by atoms with Crippen molar-refractivity contribution >= 4 is 12.2 Å². The van der Waals surface area contributed by atoms with Gasteiger partial charge in [0.05, 0.1) is 17.3 Å². The number of alkyl halides is 3. The summed E-state index contributed by atoms with van der Waals surface area (Å²) in [5.41, 5.74) is -0.746. The monoisotopic (exact) mass is 477 g/mol. The van der Waals surface area contributed by atoms with Gasteiger partial charge in [-0.2, -0.15) is 18.3 Å². The minimum absolute atomic E-state index is 0.0353. The van der Waals surface area contributed by atoms with Crippen molar-refractivity contribution in [3.05, 3.63) is 53.9 Å². The molecule has 10 heteroatoms. The van der Waals surface area contributed by atoms with E-state index in [4.69, 9.17) is 10.9 Å². The molecular formula is C24H30F3N5O2. The molecule has 0 spiro atoms. The van der Waals surface area contributed by atoms with Crippen LogP contribution in [-0.4, -0.2) is 38.2 Å². The summed E-state index contributed by atoms with van der Waals surface area (Å²) < 4.78 is 41.2. The lowest BCUT2D eigenvalue weighted by Crippen LogP contribution is -2.44. The molecule has 0 amide bonds. The van der Waals surface area contributed by atoms with Crippen molar-refractivity contribution in [2.24, 2.45) is 16.3 Å². The lowest BCUT2D eigenvalue weighted by Gasteiger charge is -2.34. The quantitative estimate of drug-likeness (QED) is 0.568. The smallest absolute Gasteiger partial charge is 0.417 e. The normalized spacial score (nSPS) is 18.7. The maximum Gasteiger partial charge on any atom is 0.417 e. The van der Waals surface area contributed by atoms with Crippen LogP contribution in [0.25, 0.3) is 11.3 Å². The van der Waals surface area contributed by atoms with Crippen molar-refractivity contribution in [2.45, 2.75) is 64.8 Å². The molecule has 184 valence electrons. The number of allylic oxidation sites excluding steroid dienone is 1. The van der Waals surface area contributed by atoms with Gasteiger partial charge in [-0.3, -0.25) is 14.7 Å². The second kappa shape index (κ2) is 10.0. The van der Waals surface area contributed by atoms with E-state index in [9.17, 15) is 18.0 Å². The lowest BCUT2D eigenvalue weighted by atomic mass is 9.92. The first-order valence-electron chi connectivity index (χ1n) is 11.1. The maximum atomic E-state index is 13.3. The molecule has 1 saturated carbocycles. The summed E-state index contributed by atoms with van der Waals surface area (Å²) in [7, 11) is 0. The minimum atomic E-state index is -4.51. The fourth-order valence-corrected chi connectivity index (χ4v) is 4.18. The fourth-order valence-electron chi connectivity index (χ4n) is 4.18. The molecular weight excluding hydrogens is 447 g/mol. The number of halogens is 3. The topological polar surface area (TPSA) is 96.7 Å². The van der Waals surface area contributed by atoms with Gasteiger partial charge in [0.25, 0.3) is 0 Å². The molecule has 34 heavy (non-hydrogen) atoms. The van der Waals surface area contributed by atoms with Crippen molar-refractivity contribution in [3.8, 4) is 11.3 Å². The Morgan fingerprint density at radius 3 is 2.32 bits per heavy atom. The Balaban J connectivity index is 0.000000248. The first-order chi connectivity index (χ1) is 15.9. The second-order valence-electron chi connectivity index (χ2n) is 9.47. The van der Waals surface area contributed by atoms with Crippen LogP contribution in [0.4, 0.5) is 13.2 Å². The van der Waals surface area contributed by atoms with Crippen LogP contribution in [0, 0.1) is 5.41 Å². The van der Waals surface area contributed by atoms with Crippen molar-refractivity contribution < 1.29 is 23.1 Å². The molecule has 1 atom stereocenters. The molecule has 0 saturated heterocycles. The van der Waals surface area contributed by atoms with Gasteiger partial charge in [-0.1, -0.05) is 51.8 Å². The fraction of sp³-hybridized carbons (Fsp3) is 0.458. The highest BCUT2D eigenvalue weighted by Crippen LogP contribution is 2.40. The highest BCUT2D eigenvalue weighted by molar-refractivity contribution is 5.87. The lowest BCUT2D eigenvalue weighted by molar-refractivity contribution is -0.137. The average molecular weight is 478 g/mol. The Morgan fingerprint density at radius 2 is 1.79 bits per heavy atom. The van der Waals surface area contributed by atoms with E-state index in [1.807, 2.05) is 12.3 Å². The van der Waals surface area contributed by atoms with Crippen LogP contribution in [0.1, 0.15) is 68.5 Å². The van der Waals surface area contributed by atoms with Crippen LogP contribution in [0.2, 0.25) is 0 Å². The molecule has 1 aliphatic heterocycles. The Labute approximate surface area is 196 Å². The Morgan fingerprint density at radius 1 is 1.15 bits per heavy atom. The first kappa shape index (κ1) is 25.5. The summed E-state index contributed by atoms with van der Waals surface area (Å²) in [5.74, 6) is 4.45. The molecule has 7 nitrogen and oxygen atoms in total. The van der Waals surface area contributed by atoms with E-state index in [-0.39, 0.29) is 34.6 Å². The Hall–Kier alpha value is -3.14. The summed E-state index contributed by atoms with van der Waals surface area (Å²) in [6.07, 6.45) is 4.53. The molecule has 1 fully saturated rings. The number of hydrogen-bond acceptors (Lipinski definition) is 5. The van der Waals surface area contributed by atoms with Crippen molar-refractivity contribution in [2.75, 3.05) is 0 Å². The molecule has 1 aromatic heterocycles. The minimum Gasteiger partial charge on any atom is -0.476 e. The van der Waals surface area contributed by atoms with Crippen LogP contribution in [-0.2, 0) is 6.18 Å². The maximum absolute atomic E-state index is 13.3. The van der Waals surface area contributed by atoms with E-state index in [0.29, 0.717) is 0 Å². The average Bonchev–Trinajstić information content (AvgIpc) is 3.43. The number of nitrogens with zero attached hydrogens (tertiary/aromatic N) is 4. The predicted molar refractivity (Wildman–Crippen MR) is 124 cm³/mol. The highest BCUT2D eigenvalue weighted by atomic mass is 19.4. The van der Waals surface area contributed by atoms with Crippen LogP contribution < -0.4 is 5.84 Å². The van der Waals surface area contributed by atoms with Crippen molar-refractivity contribution in [1.29, 1.82) is 0 Å². The van der Waals surface area contributed by atoms with E-state index in [1.54, 1.807) is 11.2 Å². The molecule has 2 aromatic rings. The summed E-state index contributed by atoms with van der Waals surface area (Å²) >= 11 is 0. The summed E-state index contributed by atoms with van der Waals surface area (Å²) in [6.45, 7) is 6.36. The van der Waals surface area contributed by atoms with Crippen LogP contribution in [0.3, 0.4) is 0 Å². The van der Waals surface area contributed by atoms with E-state index in [1.165, 1.54) is 28.9 Å². The summed E-state index contributed by atoms with van der Waals surface area (Å²) in [4.78, 5) is 15.5. The van der Waals surface area contributed by atoms with Crippen molar-refractivity contribution in [1.82, 2.24) is 14.8 Å². The van der Waals surface area contributed by atoms with E-state index in [2.05, 4.69) is 30.9 Å². The van der Waals surface area contributed by atoms with Gasteiger partial charge in [-0.15, -0.1) is 0 Å². The Bertz CT molecular complexity index is 1060. The van der Waals surface area contributed by atoms with E-state index >= 15 is 0 Å². The Kier molecular flexibility index (Phi) is 7.50. The summed E-state index contributed by atoms with van der Waals surface area (Å²) in [6, 6.07) is 6.36. The molecule has 3 N–H and O–H groups in total. The first-order valence-corrected chi connectivity index (χ1v) is 11.1. The number of aromatic carboxylic acids is 1. The van der Waals surface area contributed by atoms with Gasteiger partial charge in [0, 0.05) is 23.4 Å². The number of aromatic nitrogens is 2. The number of carboxylic acid groups (broad SMARTS) is 1. The van der Waals surface area contributed by atoms with Gasteiger partial charge in [-0.05, 0) is 31.1 Å². The number of rotatable bonds is 3. The number of nitrogens with two attached hydrogens (primary N) is 1. The number of hydrogen-bond donors (Lipinski definition) is 2. The van der Waals surface area contributed by atoms with Crippen LogP contribution >= 0.6 is 0 Å². The van der Waals surface area contributed by atoms with Gasteiger partial charge in [-0.25, -0.2) is 10.6 Å². The number of hydrazine groups is 1. The predicted octanol–water partition coefficient (Wildman–Crippen LogP) is 5.51. The van der Waals surface area contributed by atoms with Gasteiger partial charge in [0.15, 0.2) is 5.69 Å². The SMILES string of the molecule is CC(C)(C)C1N=CC=CN1N.O=C(O)c1cc(-c2ccccc2C(F)(F)F)n(C2CCCC2)n1. The summed E-state index contributed by atoms with van der Waals surface area (Å²) in [5, 5.41) is 14.8. The molecule has 1 aromatic carbocycles. The molecule has 1 unspecified atom stereocenters. The molecule has 2 aliphatic rings. The van der Waals surface area contributed by atoms with Crippen LogP contribution in [0.5, 0.6) is 0 Å². The van der Waals surface area contributed by atoms with Gasteiger partial charge < -0.3 is 5.11 Å². The number of aliphatic imine (C=N–C) groups is 1. The molecule has 0 radical (unpaired) electrons. The zero-order valence-corrected chi connectivity index (χ0v) is 19.5.